The SMILES string of the molecule is Cc1cc(N2CCN(C[C@@H](O)c3ccc4c(c3)OCCCO4)CC2)nc(C(C)C)n1. The fraction of sp³-hybridized carbons (Fsp3) is 0.565. The molecule has 2 aliphatic heterocycles. The summed E-state index contributed by atoms with van der Waals surface area (Å²) in [4.78, 5) is 13.9. The van der Waals surface area contributed by atoms with Crippen LogP contribution in [0.15, 0.2) is 24.3 Å². The van der Waals surface area contributed by atoms with Crippen LogP contribution in [0.4, 0.5) is 5.82 Å². The number of β-amino-alcohol motifs (C(OH)–C–C–N with tert-alkyl or cyclic N) is 1. The van der Waals surface area contributed by atoms with Crippen molar-refractivity contribution in [3.63, 3.8) is 0 Å². The van der Waals surface area contributed by atoms with Crippen molar-refractivity contribution in [3.8, 4) is 11.5 Å². The Hall–Kier alpha value is -2.38. The number of ether oxygens (including phenoxy) is 2. The van der Waals surface area contributed by atoms with E-state index < -0.39 is 6.10 Å². The highest BCUT2D eigenvalue weighted by Gasteiger charge is 2.22. The second-order valence-corrected chi connectivity index (χ2v) is 8.44. The fourth-order valence-corrected chi connectivity index (χ4v) is 3.89. The first kappa shape index (κ1) is 20.9. The van der Waals surface area contributed by atoms with Gasteiger partial charge in [0.1, 0.15) is 11.6 Å². The van der Waals surface area contributed by atoms with E-state index in [1.807, 2.05) is 25.1 Å². The molecule has 7 heteroatoms. The number of hydrogen-bond acceptors (Lipinski definition) is 7. The Morgan fingerprint density at radius 1 is 1.00 bits per heavy atom. The van der Waals surface area contributed by atoms with E-state index in [2.05, 4.69) is 34.7 Å². The fourth-order valence-electron chi connectivity index (χ4n) is 3.89. The van der Waals surface area contributed by atoms with Crippen LogP contribution in [0, 0.1) is 6.92 Å². The van der Waals surface area contributed by atoms with E-state index in [9.17, 15) is 5.11 Å². The molecule has 30 heavy (non-hydrogen) atoms. The summed E-state index contributed by atoms with van der Waals surface area (Å²) in [5.74, 6) is 3.72. The highest BCUT2D eigenvalue weighted by molar-refractivity contribution is 5.44. The van der Waals surface area contributed by atoms with E-state index in [0.717, 1.165) is 67.0 Å². The molecule has 0 saturated carbocycles. The number of piperazine rings is 1. The largest absolute Gasteiger partial charge is 0.490 e. The molecule has 0 radical (unpaired) electrons. The lowest BCUT2D eigenvalue weighted by molar-refractivity contribution is 0.109. The normalized spacial score (nSPS) is 18.4. The van der Waals surface area contributed by atoms with Gasteiger partial charge in [-0.05, 0) is 24.6 Å². The number of anilines is 1. The maximum atomic E-state index is 10.8. The molecule has 0 unspecified atom stereocenters. The number of nitrogens with zero attached hydrogens (tertiary/aromatic N) is 4. The standard InChI is InChI=1S/C23H32N4O3/c1-16(2)23-24-17(3)13-22(25-23)27-9-7-26(8-10-27)15-19(28)18-5-6-20-21(14-18)30-12-4-11-29-20/h5-6,13-14,16,19,28H,4,7-12,15H2,1-3H3/t19-/m1/s1. The Balaban J connectivity index is 1.35. The monoisotopic (exact) mass is 412 g/mol. The van der Waals surface area contributed by atoms with Crippen LogP contribution < -0.4 is 14.4 Å². The molecular weight excluding hydrogens is 380 g/mol. The number of benzene rings is 1. The van der Waals surface area contributed by atoms with Gasteiger partial charge in [-0.15, -0.1) is 0 Å². The molecule has 162 valence electrons. The van der Waals surface area contributed by atoms with Crippen molar-refractivity contribution in [2.45, 2.75) is 39.2 Å². The number of aliphatic hydroxyl groups excluding tert-OH is 1. The molecule has 1 atom stereocenters. The van der Waals surface area contributed by atoms with Crippen LogP contribution in [-0.2, 0) is 0 Å². The summed E-state index contributed by atoms with van der Waals surface area (Å²) in [7, 11) is 0. The zero-order valence-corrected chi connectivity index (χ0v) is 18.2. The summed E-state index contributed by atoms with van der Waals surface area (Å²) < 4.78 is 11.4. The molecule has 1 N–H and O–H groups in total. The van der Waals surface area contributed by atoms with Crippen molar-refractivity contribution >= 4 is 5.82 Å². The molecule has 1 saturated heterocycles. The van der Waals surface area contributed by atoms with Gasteiger partial charge in [-0.25, -0.2) is 9.97 Å². The summed E-state index contributed by atoms with van der Waals surface area (Å²) in [6.45, 7) is 11.8. The Labute approximate surface area is 178 Å². The first-order valence-electron chi connectivity index (χ1n) is 10.9. The van der Waals surface area contributed by atoms with Gasteiger partial charge >= 0.3 is 0 Å². The maximum Gasteiger partial charge on any atom is 0.161 e. The van der Waals surface area contributed by atoms with Crippen molar-refractivity contribution in [2.75, 3.05) is 50.8 Å². The maximum absolute atomic E-state index is 10.8. The van der Waals surface area contributed by atoms with Crippen LogP contribution in [-0.4, -0.2) is 65.9 Å². The lowest BCUT2D eigenvalue weighted by Gasteiger charge is -2.36. The molecule has 1 aromatic carbocycles. The zero-order chi connectivity index (χ0) is 21.1. The van der Waals surface area contributed by atoms with Gasteiger partial charge in [0.15, 0.2) is 11.5 Å². The number of fused-ring (bicyclic) bond motifs is 1. The molecule has 2 aromatic rings. The second-order valence-electron chi connectivity index (χ2n) is 8.44. The average Bonchev–Trinajstić information content (AvgIpc) is 2.98. The van der Waals surface area contributed by atoms with E-state index in [1.165, 1.54) is 0 Å². The molecule has 1 fully saturated rings. The van der Waals surface area contributed by atoms with Crippen molar-refractivity contribution in [3.05, 3.63) is 41.3 Å². The van der Waals surface area contributed by atoms with Crippen LogP contribution in [0.3, 0.4) is 0 Å². The minimum Gasteiger partial charge on any atom is -0.490 e. The quantitative estimate of drug-likeness (QED) is 0.810. The number of hydrogen-bond donors (Lipinski definition) is 1. The number of aryl methyl sites for hydroxylation is 1. The van der Waals surface area contributed by atoms with Gasteiger partial charge in [0, 0.05) is 56.8 Å². The Bertz CT molecular complexity index is 866. The smallest absolute Gasteiger partial charge is 0.161 e. The van der Waals surface area contributed by atoms with Crippen LogP contribution >= 0.6 is 0 Å². The molecule has 0 spiro atoms. The van der Waals surface area contributed by atoms with E-state index >= 15 is 0 Å². The first-order chi connectivity index (χ1) is 14.5. The predicted molar refractivity (Wildman–Crippen MR) is 117 cm³/mol. The second kappa shape index (κ2) is 9.18. The van der Waals surface area contributed by atoms with Gasteiger partial charge < -0.3 is 19.5 Å². The summed E-state index contributed by atoms with van der Waals surface area (Å²) in [5, 5.41) is 10.8. The van der Waals surface area contributed by atoms with Gasteiger partial charge in [0.25, 0.3) is 0 Å². The molecule has 2 aliphatic rings. The minimum absolute atomic E-state index is 0.315. The van der Waals surface area contributed by atoms with E-state index in [0.29, 0.717) is 25.7 Å². The van der Waals surface area contributed by atoms with Crippen molar-refractivity contribution in [1.82, 2.24) is 14.9 Å². The van der Waals surface area contributed by atoms with E-state index in [1.54, 1.807) is 0 Å². The van der Waals surface area contributed by atoms with Crippen molar-refractivity contribution in [1.29, 1.82) is 0 Å². The minimum atomic E-state index is -0.553. The third kappa shape index (κ3) is 4.84. The molecule has 3 heterocycles. The summed E-state index contributed by atoms with van der Waals surface area (Å²) in [6.07, 6.45) is 0.323. The molecule has 0 amide bonds. The number of rotatable bonds is 5. The average molecular weight is 413 g/mol. The molecule has 0 aliphatic carbocycles. The van der Waals surface area contributed by atoms with Gasteiger partial charge in [0.2, 0.25) is 0 Å². The van der Waals surface area contributed by atoms with Gasteiger partial charge in [-0.2, -0.15) is 0 Å². The Morgan fingerprint density at radius 2 is 1.73 bits per heavy atom. The van der Waals surface area contributed by atoms with Crippen LogP contribution in [0.2, 0.25) is 0 Å². The molecule has 1 aromatic heterocycles. The highest BCUT2D eigenvalue weighted by atomic mass is 16.5. The van der Waals surface area contributed by atoms with Gasteiger partial charge in [-0.3, -0.25) is 4.90 Å². The summed E-state index contributed by atoms with van der Waals surface area (Å²) >= 11 is 0. The van der Waals surface area contributed by atoms with Gasteiger partial charge in [-0.1, -0.05) is 19.9 Å². The van der Waals surface area contributed by atoms with E-state index in [4.69, 9.17) is 14.5 Å². The zero-order valence-electron chi connectivity index (χ0n) is 18.2. The summed E-state index contributed by atoms with van der Waals surface area (Å²) in [6, 6.07) is 7.82. The van der Waals surface area contributed by atoms with Crippen molar-refractivity contribution in [2.24, 2.45) is 0 Å². The highest BCUT2D eigenvalue weighted by Crippen LogP contribution is 2.32. The Kier molecular flexibility index (Phi) is 6.39. The van der Waals surface area contributed by atoms with Crippen LogP contribution in [0.1, 0.15) is 49.4 Å². The Morgan fingerprint density at radius 3 is 2.47 bits per heavy atom. The van der Waals surface area contributed by atoms with Gasteiger partial charge in [0.05, 0.1) is 19.3 Å². The summed E-state index contributed by atoms with van der Waals surface area (Å²) in [5.41, 5.74) is 1.88. The lowest BCUT2D eigenvalue weighted by Crippen LogP contribution is -2.48. The number of aliphatic hydroxyl groups is 1. The first-order valence-corrected chi connectivity index (χ1v) is 10.9. The number of aromatic nitrogens is 2. The van der Waals surface area contributed by atoms with Crippen molar-refractivity contribution < 1.29 is 14.6 Å². The topological polar surface area (TPSA) is 71.0 Å². The molecular formula is C23H32N4O3. The molecule has 7 nitrogen and oxygen atoms in total. The predicted octanol–water partition coefficient (Wildman–Crippen LogP) is 2.93. The van der Waals surface area contributed by atoms with Crippen LogP contribution in [0.25, 0.3) is 0 Å². The van der Waals surface area contributed by atoms with E-state index in [-0.39, 0.29) is 0 Å². The lowest BCUT2D eigenvalue weighted by atomic mass is 10.1. The third-order valence-corrected chi connectivity index (χ3v) is 5.66. The molecule has 0 bridgehead atoms. The third-order valence-electron chi connectivity index (χ3n) is 5.66. The van der Waals surface area contributed by atoms with Crippen LogP contribution in [0.5, 0.6) is 11.5 Å². The molecule has 4 rings (SSSR count).